The van der Waals surface area contributed by atoms with Crippen molar-refractivity contribution >= 4 is 11.9 Å². The third kappa shape index (κ3) is 2.95. The zero-order valence-electron chi connectivity index (χ0n) is 12.9. The molecule has 0 fully saturated rings. The summed E-state index contributed by atoms with van der Waals surface area (Å²) in [5.74, 6) is -5.10. The minimum absolute atomic E-state index is 0.454. The van der Waals surface area contributed by atoms with Crippen LogP contribution in [0.4, 0.5) is 0 Å². The van der Waals surface area contributed by atoms with Crippen molar-refractivity contribution < 1.29 is 19.8 Å². The number of aliphatic carboxylic acids is 2. The van der Waals surface area contributed by atoms with E-state index < -0.39 is 35.6 Å². The maximum atomic E-state index is 11.9. The summed E-state index contributed by atoms with van der Waals surface area (Å²) in [6.07, 6.45) is 3.68. The van der Waals surface area contributed by atoms with E-state index in [9.17, 15) is 19.8 Å². The van der Waals surface area contributed by atoms with E-state index in [1.807, 2.05) is 72.8 Å². The fourth-order valence-electron chi connectivity index (χ4n) is 3.53. The second-order valence-corrected chi connectivity index (χ2v) is 5.99. The maximum Gasteiger partial charge on any atom is 0.308 e. The maximum absolute atomic E-state index is 11.9. The molecule has 2 aromatic rings. The zero-order chi connectivity index (χ0) is 17.1. The lowest BCUT2D eigenvalue weighted by molar-refractivity contribution is -0.155. The fourth-order valence-corrected chi connectivity index (χ4v) is 3.53. The van der Waals surface area contributed by atoms with E-state index in [2.05, 4.69) is 0 Å². The van der Waals surface area contributed by atoms with Gasteiger partial charge in [0.05, 0.1) is 11.8 Å². The van der Waals surface area contributed by atoms with Gasteiger partial charge in [0.15, 0.2) is 0 Å². The van der Waals surface area contributed by atoms with Crippen molar-refractivity contribution in [2.45, 2.75) is 11.8 Å². The Balaban J connectivity index is 2.09. The SMILES string of the molecule is O=C(O)C1C(c2ccccc2)C=CC(c2ccccc2)C1C(=O)O. The molecule has 4 unspecified atom stereocenters. The summed E-state index contributed by atoms with van der Waals surface area (Å²) in [6.45, 7) is 0. The average molecular weight is 322 g/mol. The molecule has 0 bridgehead atoms. The van der Waals surface area contributed by atoms with Crippen LogP contribution in [-0.4, -0.2) is 22.2 Å². The van der Waals surface area contributed by atoms with Crippen LogP contribution in [-0.2, 0) is 9.59 Å². The Morgan fingerprint density at radius 3 is 1.25 bits per heavy atom. The number of allylic oxidation sites excluding steroid dienone is 2. The van der Waals surface area contributed by atoms with Gasteiger partial charge in [-0.2, -0.15) is 0 Å². The first-order chi connectivity index (χ1) is 11.6. The van der Waals surface area contributed by atoms with Crippen LogP contribution in [0, 0.1) is 11.8 Å². The minimum atomic E-state index is -1.08. The number of carbonyl (C=O) groups is 2. The molecule has 0 radical (unpaired) electrons. The molecular weight excluding hydrogens is 304 g/mol. The van der Waals surface area contributed by atoms with Gasteiger partial charge in [-0.15, -0.1) is 0 Å². The molecule has 0 spiro atoms. The molecule has 4 nitrogen and oxygen atoms in total. The van der Waals surface area contributed by atoms with Gasteiger partial charge in [-0.3, -0.25) is 9.59 Å². The summed E-state index contributed by atoms with van der Waals surface area (Å²) in [7, 11) is 0. The Hall–Kier alpha value is -2.88. The molecule has 122 valence electrons. The smallest absolute Gasteiger partial charge is 0.308 e. The van der Waals surface area contributed by atoms with Gasteiger partial charge in [0, 0.05) is 11.8 Å². The number of benzene rings is 2. The largest absolute Gasteiger partial charge is 0.481 e. The highest BCUT2D eigenvalue weighted by Gasteiger charge is 2.46. The Labute approximate surface area is 140 Å². The van der Waals surface area contributed by atoms with Gasteiger partial charge in [0.2, 0.25) is 0 Å². The lowest BCUT2D eigenvalue weighted by Crippen LogP contribution is -2.39. The first-order valence-corrected chi connectivity index (χ1v) is 7.83. The number of rotatable bonds is 4. The van der Waals surface area contributed by atoms with E-state index in [4.69, 9.17) is 0 Å². The first kappa shape index (κ1) is 16.0. The molecule has 4 atom stereocenters. The third-order valence-corrected chi connectivity index (χ3v) is 4.63. The molecule has 24 heavy (non-hydrogen) atoms. The molecule has 2 aromatic carbocycles. The van der Waals surface area contributed by atoms with Crippen molar-refractivity contribution in [2.75, 3.05) is 0 Å². The Morgan fingerprint density at radius 1 is 0.625 bits per heavy atom. The van der Waals surface area contributed by atoms with Gasteiger partial charge < -0.3 is 10.2 Å². The molecule has 0 amide bonds. The molecular formula is C20H18O4. The topological polar surface area (TPSA) is 74.6 Å². The van der Waals surface area contributed by atoms with Crippen molar-refractivity contribution in [3.05, 3.63) is 83.9 Å². The normalized spacial score (nSPS) is 26.0. The van der Waals surface area contributed by atoms with Crippen LogP contribution in [0.25, 0.3) is 0 Å². The van der Waals surface area contributed by atoms with E-state index in [1.165, 1.54) is 0 Å². The predicted octanol–water partition coefficient (Wildman–Crippen LogP) is 3.53. The van der Waals surface area contributed by atoms with Crippen molar-refractivity contribution in [1.82, 2.24) is 0 Å². The fraction of sp³-hybridized carbons (Fsp3) is 0.200. The van der Waals surface area contributed by atoms with Crippen LogP contribution in [0.1, 0.15) is 23.0 Å². The van der Waals surface area contributed by atoms with E-state index >= 15 is 0 Å². The van der Waals surface area contributed by atoms with E-state index in [-0.39, 0.29) is 0 Å². The molecule has 0 aliphatic heterocycles. The van der Waals surface area contributed by atoms with Gasteiger partial charge in [-0.25, -0.2) is 0 Å². The number of hydrogen-bond donors (Lipinski definition) is 2. The van der Waals surface area contributed by atoms with Crippen molar-refractivity contribution in [3.8, 4) is 0 Å². The lowest BCUT2D eigenvalue weighted by Gasteiger charge is -2.35. The average Bonchev–Trinajstić information content (AvgIpc) is 2.61. The molecule has 1 aliphatic carbocycles. The molecule has 0 aromatic heterocycles. The van der Waals surface area contributed by atoms with Gasteiger partial charge in [-0.1, -0.05) is 72.8 Å². The molecule has 2 N–H and O–H groups in total. The molecule has 0 saturated heterocycles. The van der Waals surface area contributed by atoms with Gasteiger partial charge in [0.25, 0.3) is 0 Å². The second kappa shape index (κ2) is 6.71. The minimum Gasteiger partial charge on any atom is -0.481 e. The van der Waals surface area contributed by atoms with Gasteiger partial charge in [-0.05, 0) is 11.1 Å². The molecule has 4 heteroatoms. The zero-order valence-corrected chi connectivity index (χ0v) is 12.9. The Morgan fingerprint density at radius 2 is 0.958 bits per heavy atom. The summed E-state index contributed by atoms with van der Waals surface area (Å²) >= 11 is 0. The summed E-state index contributed by atoms with van der Waals surface area (Å²) in [4.78, 5) is 23.9. The Kier molecular flexibility index (Phi) is 4.47. The number of carboxylic acid groups (broad SMARTS) is 2. The highest BCUT2D eigenvalue weighted by Crippen LogP contribution is 2.44. The quantitative estimate of drug-likeness (QED) is 0.845. The first-order valence-electron chi connectivity index (χ1n) is 7.83. The summed E-state index contributed by atoms with van der Waals surface area (Å²) in [6, 6.07) is 18.4. The standard InChI is InChI=1S/C20H18O4/c21-19(22)17-15(13-7-3-1-4-8-13)11-12-16(18(17)20(23)24)14-9-5-2-6-10-14/h1-12,15-18H,(H,21,22)(H,23,24). The predicted molar refractivity (Wildman–Crippen MR) is 89.8 cm³/mol. The number of carboxylic acids is 2. The van der Waals surface area contributed by atoms with Crippen molar-refractivity contribution in [2.24, 2.45) is 11.8 Å². The summed E-state index contributed by atoms with van der Waals surface area (Å²) < 4.78 is 0. The van der Waals surface area contributed by atoms with E-state index in [0.717, 1.165) is 11.1 Å². The van der Waals surface area contributed by atoms with Crippen LogP contribution in [0.15, 0.2) is 72.8 Å². The van der Waals surface area contributed by atoms with Crippen LogP contribution in [0.5, 0.6) is 0 Å². The lowest BCUT2D eigenvalue weighted by atomic mass is 9.66. The van der Waals surface area contributed by atoms with Crippen molar-refractivity contribution in [1.29, 1.82) is 0 Å². The van der Waals surface area contributed by atoms with Crippen LogP contribution in [0.2, 0.25) is 0 Å². The molecule has 3 rings (SSSR count). The third-order valence-electron chi connectivity index (χ3n) is 4.63. The highest BCUT2D eigenvalue weighted by molar-refractivity contribution is 5.83. The monoisotopic (exact) mass is 322 g/mol. The van der Waals surface area contributed by atoms with Crippen LogP contribution in [0.3, 0.4) is 0 Å². The van der Waals surface area contributed by atoms with Gasteiger partial charge >= 0.3 is 11.9 Å². The van der Waals surface area contributed by atoms with E-state index in [1.54, 1.807) is 0 Å². The highest BCUT2D eigenvalue weighted by atomic mass is 16.4. The summed E-state index contributed by atoms with van der Waals surface area (Å²) in [5.41, 5.74) is 1.64. The molecule has 0 heterocycles. The van der Waals surface area contributed by atoms with Gasteiger partial charge in [0.1, 0.15) is 0 Å². The number of hydrogen-bond acceptors (Lipinski definition) is 2. The molecule has 0 saturated carbocycles. The van der Waals surface area contributed by atoms with Crippen LogP contribution < -0.4 is 0 Å². The second-order valence-electron chi connectivity index (χ2n) is 5.99. The van der Waals surface area contributed by atoms with Crippen LogP contribution >= 0.6 is 0 Å². The van der Waals surface area contributed by atoms with E-state index in [0.29, 0.717) is 0 Å². The van der Waals surface area contributed by atoms with Crippen molar-refractivity contribution in [3.63, 3.8) is 0 Å². The summed E-state index contributed by atoms with van der Waals surface area (Å²) in [5, 5.41) is 19.5. The molecule has 1 aliphatic rings. The Bertz CT molecular complexity index is 686.